The van der Waals surface area contributed by atoms with Crippen molar-refractivity contribution in [2.24, 2.45) is 5.41 Å². The van der Waals surface area contributed by atoms with Crippen molar-refractivity contribution in [1.29, 1.82) is 0 Å². The second-order valence-corrected chi connectivity index (χ2v) is 13.0. The van der Waals surface area contributed by atoms with Gasteiger partial charge in [0.25, 0.3) is 5.91 Å². The van der Waals surface area contributed by atoms with E-state index in [-0.39, 0.29) is 17.1 Å². The predicted molar refractivity (Wildman–Crippen MR) is 153 cm³/mol. The molecule has 0 fully saturated rings. The lowest BCUT2D eigenvalue weighted by atomic mass is 9.68. The van der Waals surface area contributed by atoms with Gasteiger partial charge in [-0.15, -0.1) is 23.1 Å². The number of thioether (sulfide) groups is 1. The number of carbonyl (C=O) groups is 3. The fourth-order valence-corrected chi connectivity index (χ4v) is 7.69. The van der Waals surface area contributed by atoms with Gasteiger partial charge in [-0.25, -0.2) is 4.79 Å². The quantitative estimate of drug-likeness (QED) is 0.332. The largest absolute Gasteiger partial charge is 0.465 e. The van der Waals surface area contributed by atoms with Gasteiger partial charge >= 0.3 is 5.97 Å². The van der Waals surface area contributed by atoms with Gasteiger partial charge in [-0.2, -0.15) is 0 Å². The Morgan fingerprint density at radius 1 is 1.13 bits per heavy atom. The van der Waals surface area contributed by atoms with Crippen LogP contribution in [0.25, 0.3) is 0 Å². The van der Waals surface area contributed by atoms with E-state index in [4.69, 9.17) is 4.74 Å². The number of hydrogen-bond acceptors (Lipinski definition) is 7. The molecule has 5 rings (SSSR count). The maximum atomic E-state index is 14.1. The molecule has 38 heavy (non-hydrogen) atoms. The fourth-order valence-electron chi connectivity index (χ4n) is 6.01. The molecule has 0 saturated heterocycles. The van der Waals surface area contributed by atoms with Gasteiger partial charge in [0.05, 0.1) is 12.7 Å². The smallest absolute Gasteiger partial charge is 0.341 e. The third-order valence-electron chi connectivity index (χ3n) is 7.72. The van der Waals surface area contributed by atoms with Gasteiger partial charge in [-0.3, -0.25) is 9.59 Å². The summed E-state index contributed by atoms with van der Waals surface area (Å²) in [6.45, 7) is 6.11. The molecule has 1 aromatic carbocycles. The van der Waals surface area contributed by atoms with E-state index in [1.54, 1.807) is 11.8 Å². The van der Waals surface area contributed by atoms with E-state index in [9.17, 15) is 14.4 Å². The standard InChI is InChI=1S/C30H34N2O4S2/c1-16-23(27(34)32-28-25(29(35)36-4)19-8-6-7-9-22(19)38-28)24(17-10-12-18(37-5)13-11-17)26-20(31-16)14-30(2,3)15-21(26)33/h10-13,24,31H,6-9,14-15H2,1-5H3,(H,32,34). The Kier molecular flexibility index (Phi) is 7.31. The molecule has 8 heteroatoms. The molecule has 0 spiro atoms. The number of rotatable bonds is 5. The molecular formula is C30H34N2O4S2. The van der Waals surface area contributed by atoms with E-state index in [1.807, 2.05) is 37.4 Å². The Labute approximate surface area is 232 Å². The summed E-state index contributed by atoms with van der Waals surface area (Å²) >= 11 is 3.12. The molecule has 2 aromatic rings. The van der Waals surface area contributed by atoms with Gasteiger partial charge in [0.15, 0.2) is 5.78 Å². The second-order valence-electron chi connectivity index (χ2n) is 11.1. The zero-order chi connectivity index (χ0) is 27.2. The number of thiophene rings is 1. The number of ether oxygens (including phenoxy) is 1. The first kappa shape index (κ1) is 26.8. The maximum Gasteiger partial charge on any atom is 0.341 e. The molecule has 2 heterocycles. The molecule has 1 unspecified atom stereocenters. The highest BCUT2D eigenvalue weighted by Crippen LogP contribution is 2.47. The van der Waals surface area contributed by atoms with Crippen molar-refractivity contribution in [2.75, 3.05) is 18.7 Å². The second kappa shape index (κ2) is 10.4. The number of dihydropyridines is 1. The first-order valence-electron chi connectivity index (χ1n) is 13.1. The first-order valence-corrected chi connectivity index (χ1v) is 15.1. The average Bonchev–Trinajstić information content (AvgIpc) is 3.24. The topological polar surface area (TPSA) is 84.5 Å². The zero-order valence-corrected chi connectivity index (χ0v) is 24.2. The number of anilines is 1. The number of benzene rings is 1. The highest BCUT2D eigenvalue weighted by atomic mass is 32.2. The average molecular weight is 551 g/mol. The molecule has 1 aliphatic heterocycles. The highest BCUT2D eigenvalue weighted by molar-refractivity contribution is 7.98. The summed E-state index contributed by atoms with van der Waals surface area (Å²) in [6, 6.07) is 8.10. The Bertz CT molecular complexity index is 1380. The van der Waals surface area contributed by atoms with E-state index in [0.717, 1.165) is 64.4 Å². The number of hydrogen-bond donors (Lipinski definition) is 2. The zero-order valence-electron chi connectivity index (χ0n) is 22.6. The summed E-state index contributed by atoms with van der Waals surface area (Å²) in [5, 5.41) is 7.03. The third kappa shape index (κ3) is 4.84. The summed E-state index contributed by atoms with van der Waals surface area (Å²) in [5.74, 6) is -1.14. The molecule has 0 saturated carbocycles. The minimum Gasteiger partial charge on any atom is -0.465 e. The van der Waals surface area contributed by atoms with Crippen LogP contribution < -0.4 is 10.6 Å². The third-order valence-corrected chi connectivity index (χ3v) is 9.67. The summed E-state index contributed by atoms with van der Waals surface area (Å²) in [6.07, 6.45) is 6.98. The maximum absolute atomic E-state index is 14.1. The van der Waals surface area contributed by atoms with Gasteiger partial charge in [0.1, 0.15) is 5.00 Å². The molecule has 2 aliphatic carbocycles. The lowest BCUT2D eigenvalue weighted by molar-refractivity contribution is -0.118. The fraction of sp³-hybridized carbons (Fsp3) is 0.433. The molecule has 0 bridgehead atoms. The normalized spacial score (nSPS) is 20.4. The number of methoxy groups -OCH3 is 1. The first-order chi connectivity index (χ1) is 18.1. The Hall–Kier alpha value is -2.84. The Morgan fingerprint density at radius 3 is 2.53 bits per heavy atom. The molecule has 0 radical (unpaired) electrons. The molecule has 2 N–H and O–H groups in total. The molecule has 1 atom stereocenters. The molecular weight excluding hydrogens is 516 g/mol. The van der Waals surface area contributed by atoms with Gasteiger partial charge in [0, 0.05) is 44.7 Å². The Morgan fingerprint density at radius 2 is 1.84 bits per heavy atom. The SMILES string of the molecule is COC(=O)c1c(NC(=O)C2=C(C)NC3=C(C(=O)CC(C)(C)C3)C2c2ccc(SC)cc2)sc2c1CCCC2. The van der Waals surface area contributed by atoms with Crippen LogP contribution in [0, 0.1) is 5.41 Å². The van der Waals surface area contributed by atoms with Crippen molar-refractivity contribution in [3.05, 3.63) is 68.4 Å². The number of Topliss-reactive ketones (excluding diaryl/α,β-unsaturated/α-hetero) is 1. The van der Waals surface area contributed by atoms with Crippen molar-refractivity contribution in [3.8, 4) is 0 Å². The monoisotopic (exact) mass is 550 g/mol. The van der Waals surface area contributed by atoms with Crippen LogP contribution in [0.3, 0.4) is 0 Å². The van der Waals surface area contributed by atoms with E-state index in [0.29, 0.717) is 28.1 Å². The number of ketones is 1. The number of aryl methyl sites for hydroxylation is 1. The molecule has 1 aromatic heterocycles. The van der Waals surface area contributed by atoms with Crippen LogP contribution in [0.2, 0.25) is 0 Å². The number of allylic oxidation sites excluding steroid dienone is 3. The van der Waals surface area contributed by atoms with Crippen molar-refractivity contribution in [1.82, 2.24) is 5.32 Å². The van der Waals surface area contributed by atoms with Crippen LogP contribution in [0.4, 0.5) is 5.00 Å². The van der Waals surface area contributed by atoms with Gasteiger partial charge < -0.3 is 15.4 Å². The summed E-state index contributed by atoms with van der Waals surface area (Å²) in [5.41, 5.74) is 5.04. The van der Waals surface area contributed by atoms with Crippen molar-refractivity contribution < 1.29 is 19.1 Å². The highest BCUT2D eigenvalue weighted by Gasteiger charge is 2.43. The number of nitrogens with one attached hydrogen (secondary N) is 2. The van der Waals surface area contributed by atoms with Crippen LogP contribution in [-0.4, -0.2) is 31.0 Å². The van der Waals surface area contributed by atoms with E-state index in [2.05, 4.69) is 24.5 Å². The van der Waals surface area contributed by atoms with E-state index in [1.165, 1.54) is 18.4 Å². The number of fused-ring (bicyclic) bond motifs is 1. The van der Waals surface area contributed by atoms with Crippen molar-refractivity contribution in [2.45, 2.75) is 70.1 Å². The summed E-state index contributed by atoms with van der Waals surface area (Å²) < 4.78 is 5.10. The number of esters is 1. The summed E-state index contributed by atoms with van der Waals surface area (Å²) in [7, 11) is 1.37. The van der Waals surface area contributed by atoms with Crippen LogP contribution in [0.15, 0.2) is 51.7 Å². The molecule has 1 amide bonds. The molecule has 3 aliphatic rings. The van der Waals surface area contributed by atoms with Crippen LogP contribution in [-0.2, 0) is 27.2 Å². The van der Waals surface area contributed by atoms with Gasteiger partial charge in [-0.1, -0.05) is 26.0 Å². The van der Waals surface area contributed by atoms with Crippen LogP contribution >= 0.6 is 23.1 Å². The minimum atomic E-state index is -0.484. The number of carbonyl (C=O) groups excluding carboxylic acids is 3. The summed E-state index contributed by atoms with van der Waals surface area (Å²) in [4.78, 5) is 42.7. The molecule has 200 valence electrons. The number of amides is 1. The van der Waals surface area contributed by atoms with Crippen LogP contribution in [0.5, 0.6) is 0 Å². The van der Waals surface area contributed by atoms with E-state index < -0.39 is 11.9 Å². The van der Waals surface area contributed by atoms with E-state index >= 15 is 0 Å². The predicted octanol–water partition coefficient (Wildman–Crippen LogP) is 6.38. The Balaban J connectivity index is 1.58. The van der Waals surface area contributed by atoms with Crippen molar-refractivity contribution >= 4 is 45.8 Å². The van der Waals surface area contributed by atoms with Gasteiger partial charge in [-0.05, 0) is 74.0 Å². The minimum absolute atomic E-state index is 0.0716. The van der Waals surface area contributed by atoms with Gasteiger partial charge in [0.2, 0.25) is 0 Å². The van der Waals surface area contributed by atoms with Crippen molar-refractivity contribution in [3.63, 3.8) is 0 Å². The molecule has 6 nitrogen and oxygen atoms in total. The van der Waals surface area contributed by atoms with Crippen LogP contribution in [0.1, 0.15) is 78.7 Å². The lowest BCUT2D eigenvalue weighted by Gasteiger charge is -2.39. The lowest BCUT2D eigenvalue weighted by Crippen LogP contribution is -2.39.